The molecule has 1 saturated heterocycles. The number of aromatic hydroxyl groups is 1. The molecule has 35 heavy (non-hydrogen) atoms. The highest BCUT2D eigenvalue weighted by molar-refractivity contribution is 9.10. The molecule has 1 aliphatic rings. The van der Waals surface area contributed by atoms with Gasteiger partial charge in [-0.3, -0.25) is 9.59 Å². The Balaban J connectivity index is 1.73. The van der Waals surface area contributed by atoms with Crippen LogP contribution in [0.3, 0.4) is 0 Å². The van der Waals surface area contributed by atoms with E-state index in [0.29, 0.717) is 29.0 Å². The molecule has 1 heterocycles. The van der Waals surface area contributed by atoms with Gasteiger partial charge in [-0.15, -0.1) is 0 Å². The van der Waals surface area contributed by atoms with Crippen molar-refractivity contribution in [2.24, 2.45) is 0 Å². The summed E-state index contributed by atoms with van der Waals surface area (Å²) in [6.45, 7) is 0.225. The van der Waals surface area contributed by atoms with Gasteiger partial charge >= 0.3 is 0 Å². The number of ether oxygens (including phenoxy) is 2. The maximum Gasteiger partial charge on any atom is 0.295 e. The van der Waals surface area contributed by atoms with E-state index in [1.807, 2.05) is 12.1 Å². The molecule has 180 valence electrons. The Bertz CT molecular complexity index is 1280. The van der Waals surface area contributed by atoms with E-state index in [-0.39, 0.29) is 23.6 Å². The van der Waals surface area contributed by atoms with Crippen LogP contribution in [0.4, 0.5) is 0 Å². The van der Waals surface area contributed by atoms with Gasteiger partial charge in [0.05, 0.1) is 25.8 Å². The van der Waals surface area contributed by atoms with Crippen molar-refractivity contribution in [3.8, 4) is 17.2 Å². The molecule has 0 radical (unpaired) electrons. The monoisotopic (exact) mass is 537 g/mol. The van der Waals surface area contributed by atoms with Crippen LogP contribution in [0, 0.1) is 0 Å². The zero-order valence-corrected chi connectivity index (χ0v) is 20.8. The molecular formula is C27H24BrNO6. The van der Waals surface area contributed by atoms with Crippen molar-refractivity contribution in [1.82, 2.24) is 4.90 Å². The highest BCUT2D eigenvalue weighted by Crippen LogP contribution is 2.40. The number of phenolic OH excluding ortho intramolecular Hbond substituents is 1. The summed E-state index contributed by atoms with van der Waals surface area (Å²) in [5.74, 6) is -0.475. The molecule has 1 unspecified atom stereocenters. The number of amides is 1. The van der Waals surface area contributed by atoms with Gasteiger partial charge in [0, 0.05) is 16.6 Å². The number of aliphatic hydroxyl groups excluding tert-OH is 1. The fraction of sp³-hybridized carbons (Fsp3) is 0.185. The second kappa shape index (κ2) is 10.2. The first-order valence-electron chi connectivity index (χ1n) is 10.9. The largest absolute Gasteiger partial charge is 0.508 e. The molecule has 0 spiro atoms. The molecule has 0 bridgehead atoms. The van der Waals surface area contributed by atoms with Crippen LogP contribution in [0.2, 0.25) is 0 Å². The van der Waals surface area contributed by atoms with Crippen LogP contribution in [0.5, 0.6) is 17.2 Å². The maximum atomic E-state index is 13.1. The smallest absolute Gasteiger partial charge is 0.295 e. The number of carbonyl (C=O) groups excluding carboxylic acids is 2. The number of rotatable bonds is 7. The average molecular weight is 538 g/mol. The van der Waals surface area contributed by atoms with E-state index >= 15 is 0 Å². The minimum Gasteiger partial charge on any atom is -0.508 e. The Morgan fingerprint density at radius 3 is 2.23 bits per heavy atom. The van der Waals surface area contributed by atoms with Gasteiger partial charge in [0.25, 0.3) is 11.7 Å². The van der Waals surface area contributed by atoms with E-state index < -0.39 is 17.7 Å². The van der Waals surface area contributed by atoms with Crippen molar-refractivity contribution in [3.05, 3.63) is 93.5 Å². The van der Waals surface area contributed by atoms with Crippen molar-refractivity contribution in [1.29, 1.82) is 0 Å². The van der Waals surface area contributed by atoms with Crippen LogP contribution >= 0.6 is 15.9 Å². The summed E-state index contributed by atoms with van der Waals surface area (Å²) in [6, 6.07) is 17.8. The normalized spacial score (nSPS) is 17.0. The quantitative estimate of drug-likeness (QED) is 0.254. The second-order valence-electron chi connectivity index (χ2n) is 8.03. The summed E-state index contributed by atoms with van der Waals surface area (Å²) < 4.78 is 11.5. The lowest BCUT2D eigenvalue weighted by atomic mass is 9.95. The Morgan fingerprint density at radius 2 is 1.60 bits per heavy atom. The van der Waals surface area contributed by atoms with E-state index in [2.05, 4.69) is 15.9 Å². The summed E-state index contributed by atoms with van der Waals surface area (Å²) in [7, 11) is 3.10. The number of halogens is 1. The molecule has 1 amide bonds. The molecule has 8 heteroatoms. The number of methoxy groups -OCH3 is 2. The standard InChI is InChI=1S/C27H24BrNO6/c1-34-21-12-3-16(15-22(21)35-2)13-14-29-24(17-6-10-20(30)11-7-17)23(26(32)27(29)33)25(31)18-4-8-19(28)9-5-18/h3-12,15,24,30-31H,13-14H2,1-2H3/b25-23+. The summed E-state index contributed by atoms with van der Waals surface area (Å²) >= 11 is 3.36. The highest BCUT2D eigenvalue weighted by Gasteiger charge is 2.45. The lowest BCUT2D eigenvalue weighted by Gasteiger charge is -2.25. The first kappa shape index (κ1) is 24.3. The van der Waals surface area contributed by atoms with Crippen molar-refractivity contribution < 1.29 is 29.3 Å². The minimum atomic E-state index is -0.806. The number of likely N-dealkylation sites (tertiary alicyclic amines) is 1. The molecule has 2 N–H and O–H groups in total. The Morgan fingerprint density at radius 1 is 0.943 bits per heavy atom. The summed E-state index contributed by atoms with van der Waals surface area (Å²) in [5.41, 5.74) is 1.93. The number of aliphatic hydroxyl groups is 1. The number of benzene rings is 3. The fourth-order valence-electron chi connectivity index (χ4n) is 4.16. The Kier molecular flexibility index (Phi) is 7.12. The van der Waals surface area contributed by atoms with Crippen molar-refractivity contribution in [2.75, 3.05) is 20.8 Å². The van der Waals surface area contributed by atoms with Gasteiger partial charge in [-0.05, 0) is 53.9 Å². The fourth-order valence-corrected chi connectivity index (χ4v) is 4.43. The van der Waals surface area contributed by atoms with Crippen LogP contribution in [0.1, 0.15) is 22.7 Å². The van der Waals surface area contributed by atoms with Crippen LogP contribution in [-0.2, 0) is 16.0 Å². The van der Waals surface area contributed by atoms with Crippen molar-refractivity contribution in [3.63, 3.8) is 0 Å². The van der Waals surface area contributed by atoms with E-state index in [9.17, 15) is 19.8 Å². The van der Waals surface area contributed by atoms with Gasteiger partial charge in [-0.1, -0.05) is 46.3 Å². The number of carbonyl (C=O) groups is 2. The summed E-state index contributed by atoms with van der Waals surface area (Å²) in [6.07, 6.45) is 0.445. The topological polar surface area (TPSA) is 96.3 Å². The SMILES string of the molecule is COc1ccc(CCN2C(=O)C(=O)/C(=C(/O)c3ccc(Br)cc3)C2c2ccc(O)cc2)cc1OC. The summed E-state index contributed by atoms with van der Waals surface area (Å²) in [5, 5.41) is 20.9. The average Bonchev–Trinajstić information content (AvgIpc) is 3.12. The van der Waals surface area contributed by atoms with Crippen LogP contribution in [0.15, 0.2) is 76.8 Å². The molecular weight excluding hydrogens is 514 g/mol. The van der Waals surface area contributed by atoms with Gasteiger partial charge in [0.15, 0.2) is 11.5 Å². The molecule has 7 nitrogen and oxygen atoms in total. The second-order valence-corrected chi connectivity index (χ2v) is 8.95. The zero-order chi connectivity index (χ0) is 25.1. The third-order valence-electron chi connectivity index (χ3n) is 5.96. The van der Waals surface area contributed by atoms with Crippen LogP contribution in [-0.4, -0.2) is 47.6 Å². The van der Waals surface area contributed by atoms with Gasteiger partial charge in [0.1, 0.15) is 11.5 Å². The van der Waals surface area contributed by atoms with Gasteiger partial charge in [0.2, 0.25) is 0 Å². The Hall–Kier alpha value is -3.78. The Labute approximate surface area is 211 Å². The minimum absolute atomic E-state index is 0.00956. The van der Waals surface area contributed by atoms with E-state index in [1.165, 1.54) is 17.0 Å². The number of Topliss-reactive ketones (excluding diaryl/α,β-unsaturated/α-hetero) is 1. The highest BCUT2D eigenvalue weighted by atomic mass is 79.9. The first-order valence-corrected chi connectivity index (χ1v) is 11.7. The van der Waals surface area contributed by atoms with E-state index in [0.717, 1.165) is 10.0 Å². The lowest BCUT2D eigenvalue weighted by molar-refractivity contribution is -0.139. The molecule has 0 saturated carbocycles. The third kappa shape index (κ3) is 4.88. The maximum absolute atomic E-state index is 13.1. The molecule has 1 aliphatic heterocycles. The van der Waals surface area contributed by atoms with E-state index in [4.69, 9.17) is 9.47 Å². The third-order valence-corrected chi connectivity index (χ3v) is 6.48. The van der Waals surface area contributed by atoms with Crippen LogP contribution in [0.25, 0.3) is 5.76 Å². The molecule has 3 aromatic carbocycles. The number of hydrogen-bond acceptors (Lipinski definition) is 6. The number of ketones is 1. The van der Waals surface area contributed by atoms with Crippen molar-refractivity contribution in [2.45, 2.75) is 12.5 Å². The number of phenols is 1. The predicted octanol–water partition coefficient (Wildman–Crippen LogP) is 4.84. The molecule has 1 fully saturated rings. The molecule has 4 rings (SSSR count). The first-order chi connectivity index (χ1) is 16.8. The lowest BCUT2D eigenvalue weighted by Crippen LogP contribution is -2.31. The number of nitrogens with zero attached hydrogens (tertiary/aromatic N) is 1. The van der Waals surface area contributed by atoms with Crippen LogP contribution < -0.4 is 9.47 Å². The van der Waals surface area contributed by atoms with E-state index in [1.54, 1.807) is 56.7 Å². The number of hydrogen-bond donors (Lipinski definition) is 2. The molecule has 1 atom stereocenters. The van der Waals surface area contributed by atoms with Gasteiger partial charge < -0.3 is 24.6 Å². The molecule has 0 aromatic heterocycles. The predicted molar refractivity (Wildman–Crippen MR) is 135 cm³/mol. The molecule has 0 aliphatic carbocycles. The van der Waals surface area contributed by atoms with Gasteiger partial charge in [-0.25, -0.2) is 0 Å². The van der Waals surface area contributed by atoms with Crippen molar-refractivity contribution >= 4 is 33.4 Å². The summed E-state index contributed by atoms with van der Waals surface area (Å²) in [4.78, 5) is 27.7. The zero-order valence-electron chi connectivity index (χ0n) is 19.2. The van der Waals surface area contributed by atoms with Gasteiger partial charge in [-0.2, -0.15) is 0 Å². The molecule has 3 aromatic rings.